The molecule has 1 amide bonds. The van der Waals surface area contributed by atoms with E-state index in [1.54, 1.807) is 4.90 Å². The average Bonchev–Trinajstić information content (AvgIpc) is 3.29. The molecule has 2 N–H and O–H groups in total. The molecule has 2 aromatic rings. The second-order valence-electron chi connectivity index (χ2n) is 7.56. The summed E-state index contributed by atoms with van der Waals surface area (Å²) in [5.41, 5.74) is 1.92. The maximum atomic E-state index is 12.7. The molecule has 1 saturated carbocycles. The van der Waals surface area contributed by atoms with Crippen molar-refractivity contribution in [2.75, 3.05) is 33.4 Å². The van der Waals surface area contributed by atoms with Gasteiger partial charge in [-0.1, -0.05) is 12.1 Å². The summed E-state index contributed by atoms with van der Waals surface area (Å²) >= 11 is 0. The number of H-pyrrole nitrogens is 1. The number of likely N-dealkylation sites (N-methyl/N-ethyl adjacent to an activating group) is 1. The highest BCUT2D eigenvalue weighted by Gasteiger charge is 2.41. The molecule has 1 aromatic carbocycles. The van der Waals surface area contributed by atoms with Gasteiger partial charge in [-0.3, -0.25) is 9.69 Å². The lowest BCUT2D eigenvalue weighted by Crippen LogP contribution is -2.51. The van der Waals surface area contributed by atoms with Crippen LogP contribution in [0.4, 0.5) is 0 Å². The Morgan fingerprint density at radius 1 is 1.33 bits per heavy atom. The lowest BCUT2D eigenvalue weighted by atomic mass is 10.1. The summed E-state index contributed by atoms with van der Waals surface area (Å²) < 4.78 is 5.41. The van der Waals surface area contributed by atoms with Crippen molar-refractivity contribution < 1.29 is 14.6 Å². The molecule has 7 heteroatoms. The summed E-state index contributed by atoms with van der Waals surface area (Å²) in [5, 5.41) is 10.8. The minimum absolute atomic E-state index is 0.0575. The first kappa shape index (κ1) is 18.4. The number of aromatic amines is 1. The number of aliphatic hydroxyl groups excluding tert-OH is 1. The Bertz CT molecular complexity index is 753. The minimum Gasteiger partial charge on any atom is -0.389 e. The van der Waals surface area contributed by atoms with Crippen LogP contribution >= 0.6 is 0 Å². The molecule has 4 rings (SSSR count). The number of aromatic nitrogens is 2. The van der Waals surface area contributed by atoms with Gasteiger partial charge in [0.1, 0.15) is 5.82 Å². The van der Waals surface area contributed by atoms with Crippen LogP contribution in [-0.2, 0) is 16.0 Å². The molecular formula is C20H28N4O3. The highest BCUT2D eigenvalue weighted by atomic mass is 16.5. The molecule has 146 valence electrons. The van der Waals surface area contributed by atoms with Gasteiger partial charge in [0, 0.05) is 39.0 Å². The number of para-hydroxylation sites is 2. The normalized spacial score (nSPS) is 26.5. The Kier molecular flexibility index (Phi) is 5.43. The van der Waals surface area contributed by atoms with Crippen LogP contribution in [0.3, 0.4) is 0 Å². The largest absolute Gasteiger partial charge is 0.389 e. The van der Waals surface area contributed by atoms with E-state index in [4.69, 9.17) is 4.74 Å². The lowest BCUT2D eigenvalue weighted by Gasteiger charge is -2.36. The number of rotatable bonds is 5. The van der Waals surface area contributed by atoms with Gasteiger partial charge in [0.25, 0.3) is 0 Å². The zero-order valence-electron chi connectivity index (χ0n) is 15.8. The monoisotopic (exact) mass is 372 g/mol. The highest BCUT2D eigenvalue weighted by molar-refractivity contribution is 5.77. The number of benzene rings is 1. The number of hydrogen-bond donors (Lipinski definition) is 2. The van der Waals surface area contributed by atoms with Gasteiger partial charge in [0.05, 0.1) is 36.4 Å². The number of ether oxygens (including phenoxy) is 1. The van der Waals surface area contributed by atoms with Gasteiger partial charge in [-0.15, -0.1) is 0 Å². The number of morpholine rings is 1. The number of aryl methyl sites for hydroxylation is 1. The van der Waals surface area contributed by atoms with Crippen molar-refractivity contribution in [1.82, 2.24) is 19.8 Å². The third-order valence-corrected chi connectivity index (χ3v) is 5.97. The van der Waals surface area contributed by atoms with Crippen molar-refractivity contribution in [3.8, 4) is 0 Å². The van der Waals surface area contributed by atoms with Crippen LogP contribution in [0, 0.1) is 0 Å². The fourth-order valence-corrected chi connectivity index (χ4v) is 4.38. The topological polar surface area (TPSA) is 81.7 Å². The van der Waals surface area contributed by atoms with Crippen molar-refractivity contribution in [3.05, 3.63) is 30.1 Å². The number of carbonyl (C=O) groups is 1. The summed E-state index contributed by atoms with van der Waals surface area (Å²) in [7, 11) is 1.82. The maximum absolute atomic E-state index is 12.7. The lowest BCUT2D eigenvalue weighted by molar-refractivity contribution is -0.134. The number of aliphatic hydroxyl groups is 1. The first-order chi connectivity index (χ1) is 13.1. The van der Waals surface area contributed by atoms with E-state index in [9.17, 15) is 9.90 Å². The fourth-order valence-electron chi connectivity index (χ4n) is 4.38. The van der Waals surface area contributed by atoms with Crippen molar-refractivity contribution >= 4 is 16.9 Å². The van der Waals surface area contributed by atoms with E-state index in [0.29, 0.717) is 12.8 Å². The quantitative estimate of drug-likeness (QED) is 0.824. The van der Waals surface area contributed by atoms with Crippen LogP contribution in [0.1, 0.15) is 25.1 Å². The SMILES string of the molecule is CN(C(=O)CCc1nc2ccccc2[nH]1)[C@@H]1CC[C@@H](N2CCOCC2)[C@@H]1O. The standard InChI is InChI=1S/C20H28N4O3/c1-23(16-6-7-17(20(16)26)24-10-12-27-13-11-24)19(25)9-8-18-21-14-4-2-3-5-15(14)22-18/h2-5,16-17,20,26H,6-13H2,1H3,(H,21,22)/t16-,17-,20-/m1/s1. The summed E-state index contributed by atoms with van der Waals surface area (Å²) in [6, 6.07) is 7.89. The highest BCUT2D eigenvalue weighted by Crippen LogP contribution is 2.29. The number of carbonyl (C=O) groups excluding carboxylic acids is 1. The minimum atomic E-state index is -0.497. The van der Waals surface area contributed by atoms with Gasteiger partial charge in [-0.25, -0.2) is 4.98 Å². The first-order valence-electron chi connectivity index (χ1n) is 9.82. The average molecular weight is 372 g/mol. The third kappa shape index (κ3) is 3.85. The van der Waals surface area contributed by atoms with Crippen molar-refractivity contribution in [3.63, 3.8) is 0 Å². The molecule has 1 saturated heterocycles. The van der Waals surface area contributed by atoms with Gasteiger partial charge in [0.2, 0.25) is 5.91 Å². The number of nitrogens with one attached hydrogen (secondary N) is 1. The Labute approximate surface area is 159 Å². The summed E-state index contributed by atoms with van der Waals surface area (Å²) in [6.45, 7) is 3.16. The van der Waals surface area contributed by atoms with Crippen LogP contribution in [0.25, 0.3) is 11.0 Å². The summed E-state index contributed by atoms with van der Waals surface area (Å²) in [4.78, 5) is 24.5. The second-order valence-corrected chi connectivity index (χ2v) is 7.56. The molecule has 2 aliphatic rings. The van der Waals surface area contributed by atoms with Crippen LogP contribution in [0.2, 0.25) is 0 Å². The predicted molar refractivity (Wildman–Crippen MR) is 102 cm³/mol. The van der Waals surface area contributed by atoms with Crippen LogP contribution in [0.15, 0.2) is 24.3 Å². The molecule has 27 heavy (non-hydrogen) atoms. The van der Waals surface area contributed by atoms with Gasteiger partial charge >= 0.3 is 0 Å². The number of fused-ring (bicyclic) bond motifs is 1. The van der Waals surface area contributed by atoms with E-state index in [-0.39, 0.29) is 18.0 Å². The summed E-state index contributed by atoms with van der Waals surface area (Å²) in [5.74, 6) is 0.887. The van der Waals surface area contributed by atoms with E-state index < -0.39 is 6.10 Å². The van der Waals surface area contributed by atoms with E-state index in [2.05, 4.69) is 14.9 Å². The molecular weight excluding hydrogens is 344 g/mol. The Morgan fingerprint density at radius 2 is 2.11 bits per heavy atom. The zero-order chi connectivity index (χ0) is 18.8. The third-order valence-electron chi connectivity index (χ3n) is 5.97. The molecule has 1 aliphatic heterocycles. The molecule has 3 atom stereocenters. The number of amides is 1. The molecule has 7 nitrogen and oxygen atoms in total. The van der Waals surface area contributed by atoms with E-state index >= 15 is 0 Å². The Balaban J connectivity index is 1.33. The summed E-state index contributed by atoms with van der Waals surface area (Å²) in [6.07, 6.45) is 2.24. The number of imidazole rings is 1. The van der Waals surface area contributed by atoms with Crippen molar-refractivity contribution in [1.29, 1.82) is 0 Å². The van der Waals surface area contributed by atoms with Gasteiger partial charge in [-0.05, 0) is 25.0 Å². The second kappa shape index (κ2) is 7.96. The maximum Gasteiger partial charge on any atom is 0.223 e. The number of nitrogens with zero attached hydrogens (tertiary/aromatic N) is 3. The van der Waals surface area contributed by atoms with Gasteiger partial charge in [-0.2, -0.15) is 0 Å². The molecule has 2 fully saturated rings. The smallest absolute Gasteiger partial charge is 0.223 e. The zero-order valence-corrected chi connectivity index (χ0v) is 15.8. The van der Waals surface area contributed by atoms with Crippen molar-refractivity contribution in [2.45, 2.75) is 43.9 Å². The Morgan fingerprint density at radius 3 is 2.89 bits per heavy atom. The molecule has 0 bridgehead atoms. The molecule has 0 radical (unpaired) electrons. The molecule has 0 unspecified atom stereocenters. The number of hydrogen-bond acceptors (Lipinski definition) is 5. The first-order valence-corrected chi connectivity index (χ1v) is 9.82. The fraction of sp³-hybridized carbons (Fsp3) is 0.600. The van der Waals surface area contributed by atoms with Crippen LogP contribution in [0.5, 0.6) is 0 Å². The van der Waals surface area contributed by atoms with Gasteiger partial charge in [0.15, 0.2) is 0 Å². The van der Waals surface area contributed by atoms with Crippen molar-refractivity contribution in [2.24, 2.45) is 0 Å². The molecule has 1 aliphatic carbocycles. The van der Waals surface area contributed by atoms with E-state index in [1.807, 2.05) is 31.3 Å². The van der Waals surface area contributed by atoms with Crippen LogP contribution < -0.4 is 0 Å². The molecule has 1 aromatic heterocycles. The molecule has 2 heterocycles. The molecule has 0 spiro atoms. The predicted octanol–water partition coefficient (Wildman–Crippen LogP) is 1.18. The van der Waals surface area contributed by atoms with Gasteiger partial charge < -0.3 is 19.7 Å². The van der Waals surface area contributed by atoms with E-state index in [1.165, 1.54) is 0 Å². The van der Waals surface area contributed by atoms with E-state index in [0.717, 1.165) is 56.0 Å². The van der Waals surface area contributed by atoms with Crippen LogP contribution in [-0.4, -0.2) is 82.3 Å². The Hall–Kier alpha value is -1.96.